The molecule has 2 N–H and O–H groups in total. The quantitative estimate of drug-likeness (QED) is 0.887. The SMILES string of the molecule is CCC(C)NC(=O)CCc1cc2ccc(C)cc2[nH]c1=O. The van der Waals surface area contributed by atoms with E-state index in [0.717, 1.165) is 22.9 Å². The van der Waals surface area contributed by atoms with Gasteiger partial charge >= 0.3 is 0 Å². The molecule has 21 heavy (non-hydrogen) atoms. The monoisotopic (exact) mass is 286 g/mol. The highest BCUT2D eigenvalue weighted by molar-refractivity contribution is 5.80. The number of hydrogen-bond donors (Lipinski definition) is 2. The Morgan fingerprint density at radius 3 is 2.81 bits per heavy atom. The normalized spacial score (nSPS) is 12.3. The van der Waals surface area contributed by atoms with Crippen molar-refractivity contribution in [3.05, 3.63) is 45.7 Å². The number of fused-ring (bicyclic) bond motifs is 1. The second kappa shape index (κ2) is 6.57. The van der Waals surface area contributed by atoms with Gasteiger partial charge in [-0.05, 0) is 49.8 Å². The van der Waals surface area contributed by atoms with Crippen LogP contribution in [0.25, 0.3) is 10.9 Å². The lowest BCUT2D eigenvalue weighted by atomic mass is 10.1. The van der Waals surface area contributed by atoms with Gasteiger partial charge in [-0.3, -0.25) is 9.59 Å². The van der Waals surface area contributed by atoms with Crippen molar-refractivity contribution in [2.45, 2.75) is 46.1 Å². The van der Waals surface area contributed by atoms with E-state index in [4.69, 9.17) is 0 Å². The Balaban J connectivity index is 2.12. The number of nitrogens with one attached hydrogen (secondary N) is 2. The summed E-state index contributed by atoms with van der Waals surface area (Å²) < 4.78 is 0. The molecule has 1 heterocycles. The van der Waals surface area contributed by atoms with Crippen LogP contribution in [0.3, 0.4) is 0 Å². The summed E-state index contributed by atoms with van der Waals surface area (Å²) in [4.78, 5) is 26.7. The summed E-state index contributed by atoms with van der Waals surface area (Å²) >= 11 is 0. The molecule has 2 rings (SSSR count). The average Bonchev–Trinajstić information content (AvgIpc) is 2.44. The molecule has 0 saturated carbocycles. The minimum Gasteiger partial charge on any atom is -0.354 e. The predicted octanol–water partition coefficient (Wildman–Crippen LogP) is 2.68. The second-order valence-electron chi connectivity index (χ2n) is 5.59. The van der Waals surface area contributed by atoms with Crippen LogP contribution in [-0.2, 0) is 11.2 Å². The van der Waals surface area contributed by atoms with Crippen molar-refractivity contribution in [3.63, 3.8) is 0 Å². The molecule has 1 amide bonds. The van der Waals surface area contributed by atoms with E-state index in [1.54, 1.807) is 0 Å². The van der Waals surface area contributed by atoms with E-state index < -0.39 is 0 Å². The molecular weight excluding hydrogens is 264 g/mol. The molecule has 0 saturated heterocycles. The highest BCUT2D eigenvalue weighted by Crippen LogP contribution is 2.13. The van der Waals surface area contributed by atoms with Crippen LogP contribution in [0, 0.1) is 6.92 Å². The van der Waals surface area contributed by atoms with Crippen LogP contribution in [-0.4, -0.2) is 16.9 Å². The van der Waals surface area contributed by atoms with Crippen molar-refractivity contribution < 1.29 is 4.79 Å². The summed E-state index contributed by atoms with van der Waals surface area (Å²) in [5.41, 5.74) is 2.50. The molecule has 4 heteroatoms. The third-order valence-electron chi connectivity index (χ3n) is 3.72. The number of pyridine rings is 1. The number of aromatic amines is 1. The van der Waals surface area contributed by atoms with E-state index in [9.17, 15) is 9.59 Å². The first-order chi connectivity index (χ1) is 9.99. The second-order valence-corrected chi connectivity index (χ2v) is 5.59. The maximum atomic E-state index is 12.0. The molecule has 0 fully saturated rings. The van der Waals surface area contributed by atoms with Gasteiger partial charge in [-0.25, -0.2) is 0 Å². The van der Waals surface area contributed by atoms with E-state index in [1.807, 2.05) is 45.0 Å². The number of rotatable bonds is 5. The van der Waals surface area contributed by atoms with Gasteiger partial charge in [0.15, 0.2) is 0 Å². The number of carbonyl (C=O) groups excluding carboxylic acids is 1. The summed E-state index contributed by atoms with van der Waals surface area (Å²) in [6.45, 7) is 5.99. The summed E-state index contributed by atoms with van der Waals surface area (Å²) in [5.74, 6) is -0.00671. The van der Waals surface area contributed by atoms with E-state index in [-0.39, 0.29) is 17.5 Å². The standard InChI is InChI=1S/C17H22N2O2/c1-4-12(3)18-16(20)8-7-14-10-13-6-5-11(2)9-15(13)19-17(14)21/h5-6,9-10,12H,4,7-8H2,1-3H3,(H,18,20)(H,19,21). The average molecular weight is 286 g/mol. The fourth-order valence-electron chi connectivity index (χ4n) is 2.24. The maximum absolute atomic E-state index is 12.0. The van der Waals surface area contributed by atoms with Crippen molar-refractivity contribution >= 4 is 16.8 Å². The fourth-order valence-corrected chi connectivity index (χ4v) is 2.24. The van der Waals surface area contributed by atoms with Gasteiger partial charge in [0.1, 0.15) is 0 Å². The van der Waals surface area contributed by atoms with Crippen LogP contribution >= 0.6 is 0 Å². The molecule has 112 valence electrons. The van der Waals surface area contributed by atoms with Crippen LogP contribution in [0.15, 0.2) is 29.1 Å². The first-order valence-electron chi connectivity index (χ1n) is 7.41. The predicted molar refractivity (Wildman–Crippen MR) is 85.5 cm³/mol. The Bertz CT molecular complexity index is 703. The minimum atomic E-state index is -0.107. The third-order valence-corrected chi connectivity index (χ3v) is 3.72. The van der Waals surface area contributed by atoms with Crippen LogP contribution in [0.5, 0.6) is 0 Å². The molecule has 4 nitrogen and oxygen atoms in total. The molecule has 1 unspecified atom stereocenters. The third kappa shape index (κ3) is 3.94. The van der Waals surface area contributed by atoms with Gasteiger partial charge in [0.25, 0.3) is 5.56 Å². The molecule has 1 aromatic heterocycles. The first kappa shape index (κ1) is 15.3. The van der Waals surface area contributed by atoms with Gasteiger partial charge in [0.05, 0.1) is 0 Å². The van der Waals surface area contributed by atoms with Crippen molar-refractivity contribution in [2.24, 2.45) is 0 Å². The molecule has 0 bridgehead atoms. The van der Waals surface area contributed by atoms with Gasteiger partial charge in [-0.2, -0.15) is 0 Å². The number of H-pyrrole nitrogens is 1. The number of aromatic nitrogens is 1. The molecule has 0 aliphatic rings. The smallest absolute Gasteiger partial charge is 0.251 e. The highest BCUT2D eigenvalue weighted by atomic mass is 16.1. The van der Waals surface area contributed by atoms with Crippen molar-refractivity contribution in [3.8, 4) is 0 Å². The zero-order valence-electron chi connectivity index (χ0n) is 12.8. The molecular formula is C17H22N2O2. The number of benzene rings is 1. The van der Waals surface area contributed by atoms with Crippen LogP contribution < -0.4 is 10.9 Å². The number of aryl methyl sites for hydroxylation is 2. The molecule has 2 aromatic rings. The summed E-state index contributed by atoms with van der Waals surface area (Å²) in [6, 6.07) is 8.01. The van der Waals surface area contributed by atoms with Crippen LogP contribution in [0.2, 0.25) is 0 Å². The molecule has 0 spiro atoms. The molecule has 0 radical (unpaired) electrons. The maximum Gasteiger partial charge on any atom is 0.251 e. The summed E-state index contributed by atoms with van der Waals surface area (Å²) in [6.07, 6.45) is 1.70. The molecule has 0 aliphatic carbocycles. The number of hydrogen-bond acceptors (Lipinski definition) is 2. The van der Waals surface area contributed by atoms with E-state index in [2.05, 4.69) is 10.3 Å². The fraction of sp³-hybridized carbons (Fsp3) is 0.412. The minimum absolute atomic E-state index is 0.00671. The number of amides is 1. The van der Waals surface area contributed by atoms with Crippen molar-refractivity contribution in [1.29, 1.82) is 0 Å². The van der Waals surface area contributed by atoms with Gasteiger partial charge < -0.3 is 10.3 Å². The van der Waals surface area contributed by atoms with Crippen LogP contribution in [0.1, 0.15) is 37.8 Å². The van der Waals surface area contributed by atoms with Crippen molar-refractivity contribution in [2.75, 3.05) is 0 Å². The number of carbonyl (C=O) groups is 1. The van der Waals surface area contributed by atoms with Gasteiger partial charge in [0, 0.05) is 23.5 Å². The summed E-state index contributed by atoms with van der Waals surface area (Å²) in [5, 5.41) is 3.91. The lowest BCUT2D eigenvalue weighted by molar-refractivity contribution is -0.121. The van der Waals surface area contributed by atoms with E-state index in [0.29, 0.717) is 18.4 Å². The molecule has 1 atom stereocenters. The van der Waals surface area contributed by atoms with E-state index >= 15 is 0 Å². The zero-order valence-corrected chi connectivity index (χ0v) is 12.8. The van der Waals surface area contributed by atoms with Crippen molar-refractivity contribution in [1.82, 2.24) is 10.3 Å². The summed E-state index contributed by atoms with van der Waals surface area (Å²) in [7, 11) is 0. The Kier molecular flexibility index (Phi) is 4.78. The topological polar surface area (TPSA) is 62.0 Å². The lowest BCUT2D eigenvalue weighted by Gasteiger charge is -2.11. The van der Waals surface area contributed by atoms with Gasteiger partial charge in [-0.1, -0.05) is 19.1 Å². The lowest BCUT2D eigenvalue weighted by Crippen LogP contribution is -2.32. The van der Waals surface area contributed by atoms with Crippen LogP contribution in [0.4, 0.5) is 0 Å². The Morgan fingerprint density at radius 1 is 1.33 bits per heavy atom. The Hall–Kier alpha value is -2.10. The van der Waals surface area contributed by atoms with Gasteiger partial charge in [0.2, 0.25) is 5.91 Å². The van der Waals surface area contributed by atoms with E-state index in [1.165, 1.54) is 0 Å². The zero-order chi connectivity index (χ0) is 15.4. The molecule has 1 aromatic carbocycles. The van der Waals surface area contributed by atoms with Gasteiger partial charge in [-0.15, -0.1) is 0 Å². The Labute approximate surface area is 124 Å². The molecule has 0 aliphatic heterocycles. The first-order valence-corrected chi connectivity index (χ1v) is 7.41. The largest absolute Gasteiger partial charge is 0.354 e. The highest BCUT2D eigenvalue weighted by Gasteiger charge is 2.08. The Morgan fingerprint density at radius 2 is 2.10 bits per heavy atom.